The molecule has 1 saturated heterocycles. The predicted octanol–water partition coefficient (Wildman–Crippen LogP) is 3.17. The van der Waals surface area contributed by atoms with Crippen LogP contribution in [0.5, 0.6) is 0 Å². The van der Waals surface area contributed by atoms with Crippen LogP contribution in [0, 0.1) is 12.8 Å². The van der Waals surface area contributed by atoms with Gasteiger partial charge in [0.05, 0.1) is 18.1 Å². The molecule has 5 heteroatoms. The van der Waals surface area contributed by atoms with Crippen LogP contribution in [-0.2, 0) is 9.53 Å². The lowest BCUT2D eigenvalue weighted by Crippen LogP contribution is -2.42. The highest BCUT2D eigenvalue weighted by molar-refractivity contribution is 9.10. The van der Waals surface area contributed by atoms with E-state index in [2.05, 4.69) is 15.9 Å². The summed E-state index contributed by atoms with van der Waals surface area (Å²) in [6.45, 7) is 5.30. The Morgan fingerprint density at radius 1 is 1.43 bits per heavy atom. The van der Waals surface area contributed by atoms with Crippen molar-refractivity contribution in [2.24, 2.45) is 5.92 Å². The Balaban J connectivity index is 2.10. The molecule has 1 aliphatic rings. The van der Waals surface area contributed by atoms with Gasteiger partial charge >= 0.3 is 5.97 Å². The van der Waals surface area contributed by atoms with Crippen LogP contribution in [0.15, 0.2) is 22.7 Å². The van der Waals surface area contributed by atoms with Gasteiger partial charge in [-0.1, -0.05) is 6.07 Å². The van der Waals surface area contributed by atoms with E-state index >= 15 is 0 Å². The fourth-order valence-electron chi connectivity index (χ4n) is 2.58. The topological polar surface area (TPSA) is 46.6 Å². The van der Waals surface area contributed by atoms with Crippen molar-refractivity contribution in [1.29, 1.82) is 0 Å². The van der Waals surface area contributed by atoms with Gasteiger partial charge in [-0.2, -0.15) is 0 Å². The van der Waals surface area contributed by atoms with Gasteiger partial charge in [-0.15, -0.1) is 0 Å². The van der Waals surface area contributed by atoms with Crippen molar-refractivity contribution in [3.05, 3.63) is 33.8 Å². The van der Waals surface area contributed by atoms with Gasteiger partial charge in [0.15, 0.2) is 0 Å². The standard InChI is InChI=1S/C16H20BrNO3/c1-3-21-16(20)12-5-4-8-18(10-12)15(19)13-7-6-11(2)9-14(13)17/h6-7,9,12H,3-5,8,10H2,1-2H3/t12-/m0/s1. The summed E-state index contributed by atoms with van der Waals surface area (Å²) in [6.07, 6.45) is 1.62. The number of rotatable bonds is 3. The molecule has 0 radical (unpaired) electrons. The van der Waals surface area contributed by atoms with Crippen molar-refractivity contribution in [2.45, 2.75) is 26.7 Å². The molecule has 4 nitrogen and oxygen atoms in total. The summed E-state index contributed by atoms with van der Waals surface area (Å²) in [4.78, 5) is 26.2. The maximum atomic E-state index is 12.6. The highest BCUT2D eigenvalue weighted by Crippen LogP contribution is 2.24. The molecule has 0 unspecified atom stereocenters. The summed E-state index contributed by atoms with van der Waals surface area (Å²) in [5.41, 5.74) is 1.74. The number of halogens is 1. The molecular formula is C16H20BrNO3. The number of aryl methyl sites for hydroxylation is 1. The molecule has 0 bridgehead atoms. The predicted molar refractivity (Wildman–Crippen MR) is 84.1 cm³/mol. The van der Waals surface area contributed by atoms with E-state index < -0.39 is 0 Å². The second-order valence-electron chi connectivity index (χ2n) is 5.33. The van der Waals surface area contributed by atoms with E-state index in [0.717, 1.165) is 22.9 Å². The molecule has 1 amide bonds. The van der Waals surface area contributed by atoms with Gasteiger partial charge in [0.2, 0.25) is 0 Å². The average molecular weight is 354 g/mol. The number of hydrogen-bond donors (Lipinski definition) is 0. The second-order valence-corrected chi connectivity index (χ2v) is 6.18. The number of likely N-dealkylation sites (tertiary alicyclic amines) is 1. The van der Waals surface area contributed by atoms with Crippen molar-refractivity contribution in [1.82, 2.24) is 4.90 Å². The highest BCUT2D eigenvalue weighted by Gasteiger charge is 2.30. The molecule has 1 aromatic carbocycles. The Hall–Kier alpha value is -1.36. The quantitative estimate of drug-likeness (QED) is 0.784. The van der Waals surface area contributed by atoms with Crippen LogP contribution in [0.4, 0.5) is 0 Å². The van der Waals surface area contributed by atoms with Crippen LogP contribution < -0.4 is 0 Å². The van der Waals surface area contributed by atoms with Crippen LogP contribution in [0.3, 0.4) is 0 Å². The van der Waals surface area contributed by atoms with E-state index in [1.807, 2.05) is 25.1 Å². The number of piperidine rings is 1. The minimum Gasteiger partial charge on any atom is -0.466 e. The molecule has 1 fully saturated rings. The number of amides is 1. The maximum Gasteiger partial charge on any atom is 0.310 e. The normalized spacial score (nSPS) is 18.4. The van der Waals surface area contributed by atoms with Gasteiger partial charge < -0.3 is 9.64 Å². The first-order valence-corrected chi connectivity index (χ1v) is 8.04. The molecule has 0 N–H and O–H groups in total. The SMILES string of the molecule is CCOC(=O)[C@H]1CCCN(C(=O)c2ccc(C)cc2Br)C1. The number of esters is 1. The number of carbonyl (C=O) groups is 2. The summed E-state index contributed by atoms with van der Waals surface area (Å²) in [6, 6.07) is 5.68. The van der Waals surface area contributed by atoms with Crippen LogP contribution >= 0.6 is 15.9 Å². The smallest absolute Gasteiger partial charge is 0.310 e. The van der Waals surface area contributed by atoms with Gasteiger partial charge in [0, 0.05) is 17.6 Å². The van der Waals surface area contributed by atoms with Crippen molar-refractivity contribution in [2.75, 3.05) is 19.7 Å². The zero-order valence-electron chi connectivity index (χ0n) is 12.4. The largest absolute Gasteiger partial charge is 0.466 e. The van der Waals surface area contributed by atoms with Gasteiger partial charge in [-0.3, -0.25) is 9.59 Å². The molecule has 0 spiro atoms. The fraction of sp³-hybridized carbons (Fsp3) is 0.500. The lowest BCUT2D eigenvalue weighted by atomic mass is 9.97. The van der Waals surface area contributed by atoms with Crippen LogP contribution in [0.25, 0.3) is 0 Å². The van der Waals surface area contributed by atoms with Crippen LogP contribution in [-0.4, -0.2) is 36.5 Å². The van der Waals surface area contributed by atoms with E-state index in [1.54, 1.807) is 11.8 Å². The van der Waals surface area contributed by atoms with E-state index in [4.69, 9.17) is 4.74 Å². The van der Waals surface area contributed by atoms with Crippen molar-refractivity contribution in [3.63, 3.8) is 0 Å². The number of hydrogen-bond acceptors (Lipinski definition) is 3. The molecule has 0 aliphatic carbocycles. The first-order valence-electron chi connectivity index (χ1n) is 7.25. The van der Waals surface area contributed by atoms with Gasteiger partial charge in [-0.05, 0) is 60.3 Å². The van der Waals surface area contributed by atoms with Crippen molar-refractivity contribution in [3.8, 4) is 0 Å². The molecule has 21 heavy (non-hydrogen) atoms. The zero-order valence-corrected chi connectivity index (χ0v) is 14.0. The van der Waals surface area contributed by atoms with E-state index in [9.17, 15) is 9.59 Å². The number of benzene rings is 1. The molecule has 0 saturated carbocycles. The highest BCUT2D eigenvalue weighted by atomic mass is 79.9. The molecule has 1 atom stereocenters. The van der Waals surface area contributed by atoms with E-state index in [0.29, 0.717) is 25.3 Å². The third-order valence-corrected chi connectivity index (χ3v) is 4.34. The Bertz CT molecular complexity index is 544. The lowest BCUT2D eigenvalue weighted by Gasteiger charge is -2.31. The first kappa shape index (κ1) is 16.0. The van der Waals surface area contributed by atoms with Gasteiger partial charge in [0.1, 0.15) is 0 Å². The van der Waals surface area contributed by atoms with Gasteiger partial charge in [0.25, 0.3) is 5.91 Å². The summed E-state index contributed by atoms with van der Waals surface area (Å²) in [5, 5.41) is 0. The molecule has 1 heterocycles. The number of carbonyl (C=O) groups excluding carboxylic acids is 2. The second kappa shape index (κ2) is 7.07. The monoisotopic (exact) mass is 353 g/mol. The summed E-state index contributed by atoms with van der Waals surface area (Å²) >= 11 is 3.44. The van der Waals surface area contributed by atoms with E-state index in [1.165, 1.54) is 0 Å². The number of nitrogens with zero attached hydrogens (tertiary/aromatic N) is 1. The molecular weight excluding hydrogens is 334 g/mol. The Kier molecular flexibility index (Phi) is 5.39. The Morgan fingerprint density at radius 2 is 2.19 bits per heavy atom. The molecule has 1 aliphatic heterocycles. The lowest BCUT2D eigenvalue weighted by molar-refractivity contribution is -0.149. The molecule has 0 aromatic heterocycles. The van der Waals surface area contributed by atoms with E-state index in [-0.39, 0.29) is 17.8 Å². The maximum absolute atomic E-state index is 12.6. The number of ether oxygens (including phenoxy) is 1. The van der Waals surface area contributed by atoms with Crippen LogP contribution in [0.1, 0.15) is 35.7 Å². The minimum absolute atomic E-state index is 0.0316. The average Bonchev–Trinajstić information content (AvgIpc) is 2.47. The third-order valence-electron chi connectivity index (χ3n) is 3.68. The Morgan fingerprint density at radius 3 is 2.86 bits per heavy atom. The third kappa shape index (κ3) is 3.84. The molecule has 2 rings (SSSR count). The first-order chi connectivity index (χ1) is 10.0. The summed E-state index contributed by atoms with van der Waals surface area (Å²) in [7, 11) is 0. The molecule has 114 valence electrons. The summed E-state index contributed by atoms with van der Waals surface area (Å²) in [5.74, 6) is -0.430. The van der Waals surface area contributed by atoms with Gasteiger partial charge in [-0.25, -0.2) is 0 Å². The minimum atomic E-state index is -0.202. The van der Waals surface area contributed by atoms with Crippen molar-refractivity contribution < 1.29 is 14.3 Å². The Labute approximate surface area is 133 Å². The van der Waals surface area contributed by atoms with Crippen LogP contribution in [0.2, 0.25) is 0 Å². The molecule has 1 aromatic rings. The fourth-order valence-corrected chi connectivity index (χ4v) is 3.24. The zero-order chi connectivity index (χ0) is 15.4. The summed E-state index contributed by atoms with van der Waals surface area (Å²) < 4.78 is 5.87. The van der Waals surface area contributed by atoms with Crippen molar-refractivity contribution >= 4 is 27.8 Å².